The fraction of sp³-hybridized carbons (Fsp3) is 0.500. The molecule has 1 aromatic carbocycles. The smallest absolute Gasteiger partial charge is 0.420 e. The Labute approximate surface area is 134 Å². The van der Waals surface area contributed by atoms with Gasteiger partial charge in [0.25, 0.3) is 0 Å². The molecule has 4 saturated heterocycles. The summed E-state index contributed by atoms with van der Waals surface area (Å²) in [6.45, 7) is 2.92. The van der Waals surface area contributed by atoms with E-state index in [0.717, 1.165) is 32.5 Å². The van der Waals surface area contributed by atoms with Crippen LogP contribution in [-0.4, -0.2) is 42.1 Å². The highest BCUT2D eigenvalue weighted by molar-refractivity contribution is 6.31. The second-order valence-electron chi connectivity index (χ2n) is 6.42. The second-order valence-corrected chi connectivity index (χ2v) is 6.86. The fourth-order valence-corrected chi connectivity index (χ4v) is 4.23. The summed E-state index contributed by atoms with van der Waals surface area (Å²) in [5.74, 6) is 0.676. The molecule has 1 N–H and O–H groups in total. The van der Waals surface area contributed by atoms with Crippen molar-refractivity contribution in [1.29, 1.82) is 5.41 Å². The van der Waals surface area contributed by atoms with E-state index in [0.29, 0.717) is 28.9 Å². The summed E-state index contributed by atoms with van der Waals surface area (Å²) in [5.41, 5.74) is 0.0957. The Hall–Kier alpha value is -1.59. The predicted octanol–water partition coefficient (Wildman–Crippen LogP) is 3.13. The van der Waals surface area contributed by atoms with Crippen LogP contribution >= 0.6 is 11.6 Å². The molecule has 5 rings (SSSR count). The lowest BCUT2D eigenvalue weighted by atomic mass is 9.72. The number of hydrogen-bond acceptors (Lipinski definition) is 4. The van der Waals surface area contributed by atoms with Gasteiger partial charge in [-0.3, -0.25) is 10.3 Å². The third kappa shape index (κ3) is 2.11. The van der Waals surface area contributed by atoms with Crippen LogP contribution in [0.1, 0.15) is 19.3 Å². The van der Waals surface area contributed by atoms with E-state index in [-0.39, 0.29) is 0 Å². The van der Waals surface area contributed by atoms with E-state index in [1.54, 1.807) is 24.3 Å². The largest absolute Gasteiger partial charge is 0.440 e. The summed E-state index contributed by atoms with van der Waals surface area (Å²) in [6.07, 6.45) is 2.13. The molecular formula is C16H18ClN3O2. The maximum atomic E-state index is 12.6. The van der Waals surface area contributed by atoms with Crippen molar-refractivity contribution in [1.82, 2.24) is 4.90 Å². The molecule has 116 valence electrons. The number of hydrogen-bond donors (Lipinski definition) is 1. The Morgan fingerprint density at radius 1 is 1.32 bits per heavy atom. The van der Waals surface area contributed by atoms with Crippen LogP contribution < -0.4 is 4.90 Å². The minimum absolute atomic E-state index is 0.298. The van der Waals surface area contributed by atoms with Crippen LogP contribution in [0.3, 0.4) is 0 Å². The minimum Gasteiger partial charge on any atom is -0.440 e. The molecule has 1 atom stereocenters. The molecule has 2 bridgehead atoms. The number of piperidine rings is 3. The molecule has 1 unspecified atom stereocenters. The van der Waals surface area contributed by atoms with Gasteiger partial charge in [0.15, 0.2) is 0 Å². The van der Waals surface area contributed by atoms with Crippen molar-refractivity contribution < 1.29 is 9.53 Å². The van der Waals surface area contributed by atoms with Crippen LogP contribution in [0, 0.1) is 11.3 Å². The number of ether oxygens (including phenoxy) is 1. The van der Waals surface area contributed by atoms with E-state index in [2.05, 4.69) is 4.90 Å². The molecule has 5 nitrogen and oxygen atoms in total. The summed E-state index contributed by atoms with van der Waals surface area (Å²) in [7, 11) is 0. The first-order valence-corrected chi connectivity index (χ1v) is 8.04. The maximum Gasteiger partial charge on any atom is 0.420 e. The van der Waals surface area contributed by atoms with E-state index in [1.807, 2.05) is 0 Å². The molecule has 1 aromatic rings. The van der Waals surface area contributed by atoms with Crippen molar-refractivity contribution in [3.05, 3.63) is 29.3 Å². The number of amidine groups is 1. The SMILES string of the molecule is N=C1CC2(CN3CCC2CC3)OC(=O)N1c1cccc(Cl)c1. The Balaban J connectivity index is 1.63. The second kappa shape index (κ2) is 4.96. The quantitative estimate of drug-likeness (QED) is 0.865. The molecule has 1 spiro atoms. The number of carbonyl (C=O) groups excluding carboxylic acids is 1. The van der Waals surface area contributed by atoms with E-state index < -0.39 is 11.7 Å². The first kappa shape index (κ1) is 14.0. The van der Waals surface area contributed by atoms with Crippen LogP contribution in [0.2, 0.25) is 5.02 Å². The van der Waals surface area contributed by atoms with Crippen LogP contribution in [-0.2, 0) is 4.74 Å². The van der Waals surface area contributed by atoms with E-state index in [1.165, 1.54) is 4.90 Å². The number of carbonyl (C=O) groups is 1. The van der Waals surface area contributed by atoms with Crippen LogP contribution in [0.4, 0.5) is 10.5 Å². The number of benzene rings is 1. The van der Waals surface area contributed by atoms with E-state index >= 15 is 0 Å². The summed E-state index contributed by atoms with van der Waals surface area (Å²) >= 11 is 6.00. The number of anilines is 1. The molecule has 0 saturated carbocycles. The van der Waals surface area contributed by atoms with Gasteiger partial charge in [0, 0.05) is 23.9 Å². The molecule has 6 heteroatoms. The molecule has 4 aliphatic heterocycles. The van der Waals surface area contributed by atoms with Gasteiger partial charge in [-0.25, -0.2) is 9.69 Å². The first-order valence-electron chi connectivity index (χ1n) is 7.66. The fourth-order valence-electron chi connectivity index (χ4n) is 4.05. The lowest BCUT2D eigenvalue weighted by Crippen LogP contribution is -2.66. The van der Waals surface area contributed by atoms with Gasteiger partial charge in [-0.1, -0.05) is 17.7 Å². The highest BCUT2D eigenvalue weighted by Gasteiger charge is 2.54. The molecule has 0 aromatic heterocycles. The molecule has 0 aliphatic carbocycles. The van der Waals surface area contributed by atoms with Crippen molar-refractivity contribution in [2.45, 2.75) is 24.9 Å². The normalized spacial score (nSPS) is 34.1. The van der Waals surface area contributed by atoms with Crippen molar-refractivity contribution >= 4 is 29.2 Å². The number of halogens is 1. The van der Waals surface area contributed by atoms with Gasteiger partial charge in [0.1, 0.15) is 11.4 Å². The average Bonchev–Trinajstić information content (AvgIpc) is 2.47. The van der Waals surface area contributed by atoms with Gasteiger partial charge in [-0.2, -0.15) is 0 Å². The first-order chi connectivity index (χ1) is 10.6. The maximum absolute atomic E-state index is 12.6. The molecule has 4 aliphatic rings. The van der Waals surface area contributed by atoms with Crippen molar-refractivity contribution in [2.75, 3.05) is 24.5 Å². The summed E-state index contributed by atoms with van der Waals surface area (Å²) < 4.78 is 5.89. The summed E-state index contributed by atoms with van der Waals surface area (Å²) in [6, 6.07) is 6.98. The Bertz CT molecular complexity index is 622. The highest BCUT2D eigenvalue weighted by atomic mass is 35.5. The van der Waals surface area contributed by atoms with Crippen molar-refractivity contribution in [3.63, 3.8) is 0 Å². The standard InChI is InChI=1S/C16H18ClN3O2/c17-12-2-1-3-13(8-12)20-14(18)9-16(22-15(20)21)10-19-6-4-11(16)5-7-19/h1-3,8,11,18H,4-7,9-10H2. The van der Waals surface area contributed by atoms with Gasteiger partial charge >= 0.3 is 6.09 Å². The minimum atomic E-state index is -0.500. The summed E-state index contributed by atoms with van der Waals surface area (Å²) in [4.78, 5) is 16.2. The molecule has 1 amide bonds. The van der Waals surface area contributed by atoms with E-state index in [4.69, 9.17) is 21.7 Å². The van der Waals surface area contributed by atoms with Gasteiger partial charge < -0.3 is 4.74 Å². The zero-order valence-electron chi connectivity index (χ0n) is 12.2. The predicted molar refractivity (Wildman–Crippen MR) is 84.7 cm³/mol. The lowest BCUT2D eigenvalue weighted by molar-refractivity contribution is -0.113. The Kier molecular flexibility index (Phi) is 3.16. The average molecular weight is 320 g/mol. The van der Waals surface area contributed by atoms with Crippen LogP contribution in [0.5, 0.6) is 0 Å². The molecule has 22 heavy (non-hydrogen) atoms. The van der Waals surface area contributed by atoms with Gasteiger partial charge in [-0.15, -0.1) is 0 Å². The Morgan fingerprint density at radius 3 is 2.68 bits per heavy atom. The van der Waals surface area contributed by atoms with Gasteiger partial charge in [-0.05, 0) is 44.1 Å². The van der Waals surface area contributed by atoms with Crippen LogP contribution in [0.15, 0.2) is 24.3 Å². The lowest BCUT2D eigenvalue weighted by Gasteiger charge is -2.54. The third-order valence-corrected chi connectivity index (χ3v) is 5.33. The molecule has 4 fully saturated rings. The third-order valence-electron chi connectivity index (χ3n) is 5.10. The van der Waals surface area contributed by atoms with Gasteiger partial charge in [0.2, 0.25) is 0 Å². The summed E-state index contributed by atoms with van der Waals surface area (Å²) in [5, 5.41) is 8.93. The highest BCUT2D eigenvalue weighted by Crippen LogP contribution is 2.43. The van der Waals surface area contributed by atoms with Gasteiger partial charge in [0.05, 0.1) is 5.69 Å². The molecule has 4 heterocycles. The topological polar surface area (TPSA) is 56.6 Å². The van der Waals surface area contributed by atoms with Crippen molar-refractivity contribution in [2.24, 2.45) is 5.92 Å². The monoisotopic (exact) mass is 319 g/mol. The zero-order chi connectivity index (χ0) is 15.3. The number of rotatable bonds is 1. The molecule has 0 radical (unpaired) electrons. The van der Waals surface area contributed by atoms with Crippen LogP contribution in [0.25, 0.3) is 0 Å². The number of amides is 1. The van der Waals surface area contributed by atoms with E-state index in [9.17, 15) is 4.79 Å². The molecular weight excluding hydrogens is 302 g/mol. The number of fused-ring (bicyclic) bond motifs is 2. The number of nitrogens with zero attached hydrogens (tertiary/aromatic N) is 2. The number of nitrogens with one attached hydrogen (secondary N) is 1. The zero-order valence-corrected chi connectivity index (χ0v) is 13.0. The van der Waals surface area contributed by atoms with Crippen molar-refractivity contribution in [3.8, 4) is 0 Å². The Morgan fingerprint density at radius 2 is 2.09 bits per heavy atom.